The molecular weight excluding hydrogens is 292 g/mol. The number of nitrogens with one attached hydrogen (secondary N) is 1. The fraction of sp³-hybridized carbons (Fsp3) is 0.882. The molecule has 0 aromatic carbocycles. The first-order valence-corrected chi connectivity index (χ1v) is 9.13. The minimum Gasteiger partial charge on any atom is -0.352 e. The third-order valence-corrected chi connectivity index (χ3v) is 5.54. The Bertz CT molecular complexity index is 444. The van der Waals surface area contributed by atoms with Crippen molar-refractivity contribution < 1.29 is 9.59 Å². The summed E-state index contributed by atoms with van der Waals surface area (Å²) < 4.78 is 0. The van der Waals surface area contributed by atoms with Gasteiger partial charge in [0.05, 0.1) is 6.04 Å². The molecule has 2 aliphatic carbocycles. The van der Waals surface area contributed by atoms with Gasteiger partial charge in [-0.1, -0.05) is 6.42 Å². The number of piperazine rings is 1. The maximum absolute atomic E-state index is 12.6. The van der Waals surface area contributed by atoms with Crippen LogP contribution in [-0.4, -0.2) is 65.9 Å². The predicted molar refractivity (Wildman–Crippen MR) is 88.7 cm³/mol. The summed E-state index contributed by atoms with van der Waals surface area (Å²) in [6.45, 7) is 4.99. The van der Waals surface area contributed by atoms with Crippen molar-refractivity contribution in [3.8, 4) is 0 Å². The van der Waals surface area contributed by atoms with Gasteiger partial charge in [0, 0.05) is 44.2 Å². The molecule has 23 heavy (non-hydrogen) atoms. The molecule has 3 fully saturated rings. The molecule has 0 spiro atoms. The zero-order valence-corrected chi connectivity index (χ0v) is 14.2. The Morgan fingerprint density at radius 2 is 1.78 bits per heavy atom. The summed E-state index contributed by atoms with van der Waals surface area (Å²) in [5.74, 6) is 0.515. The molecule has 0 aromatic rings. The van der Waals surface area contributed by atoms with Crippen LogP contribution in [0.15, 0.2) is 0 Å². The minimum absolute atomic E-state index is 0.101. The fourth-order valence-electron chi connectivity index (χ4n) is 3.75. The molecule has 2 saturated carbocycles. The molecule has 2 amide bonds. The molecule has 130 valence electrons. The topological polar surface area (TPSA) is 78.7 Å². The summed E-state index contributed by atoms with van der Waals surface area (Å²) in [4.78, 5) is 28.9. The van der Waals surface area contributed by atoms with Crippen molar-refractivity contribution in [1.82, 2.24) is 15.1 Å². The average molecular weight is 322 g/mol. The lowest BCUT2D eigenvalue weighted by atomic mass is 9.85. The predicted octanol–water partition coefficient (Wildman–Crippen LogP) is 0.315. The van der Waals surface area contributed by atoms with E-state index in [2.05, 4.69) is 10.2 Å². The molecule has 0 bridgehead atoms. The standard InChI is InChI=1S/C17H30N4O2/c1-12(16(22)19-15-5-6-15)20-7-9-21(10-8-20)17(23)13-3-2-4-14(18)11-13/h12-15H,2-11,18H2,1H3,(H,19,22). The van der Waals surface area contributed by atoms with Crippen molar-refractivity contribution in [2.45, 2.75) is 63.6 Å². The first-order valence-electron chi connectivity index (χ1n) is 9.13. The summed E-state index contributed by atoms with van der Waals surface area (Å²) in [5, 5.41) is 3.07. The molecule has 0 radical (unpaired) electrons. The summed E-state index contributed by atoms with van der Waals surface area (Å²) in [6.07, 6.45) is 6.15. The summed E-state index contributed by atoms with van der Waals surface area (Å²) in [5.41, 5.74) is 6.01. The van der Waals surface area contributed by atoms with E-state index in [1.807, 2.05) is 11.8 Å². The molecule has 1 saturated heterocycles. The summed E-state index contributed by atoms with van der Waals surface area (Å²) in [6, 6.07) is 0.490. The number of carbonyl (C=O) groups is 2. The second-order valence-electron chi connectivity index (χ2n) is 7.44. The van der Waals surface area contributed by atoms with Crippen LogP contribution < -0.4 is 11.1 Å². The Hall–Kier alpha value is -1.14. The zero-order valence-electron chi connectivity index (χ0n) is 14.2. The molecule has 3 aliphatic rings. The van der Waals surface area contributed by atoms with Gasteiger partial charge >= 0.3 is 0 Å². The number of hydrogen-bond acceptors (Lipinski definition) is 4. The number of carbonyl (C=O) groups excluding carboxylic acids is 2. The number of nitrogens with two attached hydrogens (primary N) is 1. The Labute approximate surface area is 138 Å². The Balaban J connectivity index is 1.45. The van der Waals surface area contributed by atoms with E-state index in [-0.39, 0.29) is 29.8 Å². The van der Waals surface area contributed by atoms with Crippen LogP contribution >= 0.6 is 0 Å². The number of amides is 2. The van der Waals surface area contributed by atoms with Gasteiger partial charge in [-0.15, -0.1) is 0 Å². The average Bonchev–Trinajstić information content (AvgIpc) is 3.37. The maximum Gasteiger partial charge on any atom is 0.237 e. The maximum atomic E-state index is 12.6. The minimum atomic E-state index is -0.101. The van der Waals surface area contributed by atoms with E-state index >= 15 is 0 Å². The van der Waals surface area contributed by atoms with E-state index in [1.165, 1.54) is 0 Å². The molecule has 3 N–H and O–H groups in total. The fourth-order valence-corrected chi connectivity index (χ4v) is 3.75. The van der Waals surface area contributed by atoms with Crippen LogP contribution in [0.4, 0.5) is 0 Å². The Morgan fingerprint density at radius 3 is 2.39 bits per heavy atom. The molecule has 3 rings (SSSR count). The Morgan fingerprint density at radius 1 is 1.09 bits per heavy atom. The summed E-state index contributed by atoms with van der Waals surface area (Å²) in [7, 11) is 0. The first-order chi connectivity index (χ1) is 11.0. The van der Waals surface area contributed by atoms with E-state index in [0.29, 0.717) is 6.04 Å². The van der Waals surface area contributed by atoms with Crippen LogP contribution in [0.1, 0.15) is 45.4 Å². The highest BCUT2D eigenvalue weighted by atomic mass is 16.2. The van der Waals surface area contributed by atoms with Crippen molar-refractivity contribution in [3.05, 3.63) is 0 Å². The van der Waals surface area contributed by atoms with Gasteiger partial charge < -0.3 is 16.0 Å². The van der Waals surface area contributed by atoms with E-state index in [0.717, 1.165) is 64.7 Å². The van der Waals surface area contributed by atoms with Crippen molar-refractivity contribution in [1.29, 1.82) is 0 Å². The van der Waals surface area contributed by atoms with E-state index in [1.54, 1.807) is 0 Å². The quantitative estimate of drug-likeness (QED) is 0.781. The van der Waals surface area contributed by atoms with Gasteiger partial charge in [-0.2, -0.15) is 0 Å². The molecule has 0 aromatic heterocycles. The van der Waals surface area contributed by atoms with Gasteiger partial charge in [0.2, 0.25) is 11.8 Å². The highest BCUT2D eigenvalue weighted by Gasteiger charge is 2.33. The molecule has 3 atom stereocenters. The smallest absolute Gasteiger partial charge is 0.237 e. The van der Waals surface area contributed by atoms with Crippen molar-refractivity contribution in [3.63, 3.8) is 0 Å². The zero-order chi connectivity index (χ0) is 16.4. The molecule has 1 heterocycles. The van der Waals surface area contributed by atoms with Gasteiger partial charge in [0.1, 0.15) is 0 Å². The van der Waals surface area contributed by atoms with Gasteiger partial charge in [-0.25, -0.2) is 0 Å². The molecular formula is C17H30N4O2. The lowest BCUT2D eigenvalue weighted by Crippen LogP contribution is -2.56. The Kier molecular flexibility index (Phi) is 5.21. The molecule has 3 unspecified atom stereocenters. The third kappa shape index (κ3) is 4.23. The summed E-state index contributed by atoms with van der Waals surface area (Å²) >= 11 is 0. The first kappa shape index (κ1) is 16.7. The van der Waals surface area contributed by atoms with Gasteiger partial charge in [0.25, 0.3) is 0 Å². The molecule has 6 heteroatoms. The normalized spacial score (nSPS) is 30.8. The van der Waals surface area contributed by atoms with Crippen LogP contribution in [0.5, 0.6) is 0 Å². The van der Waals surface area contributed by atoms with Gasteiger partial charge in [0.15, 0.2) is 0 Å². The SMILES string of the molecule is CC(C(=O)NC1CC1)N1CCN(C(=O)C2CCCC(N)C2)CC1. The van der Waals surface area contributed by atoms with Crippen molar-refractivity contribution >= 4 is 11.8 Å². The van der Waals surface area contributed by atoms with Crippen molar-refractivity contribution in [2.24, 2.45) is 11.7 Å². The highest BCUT2D eigenvalue weighted by Crippen LogP contribution is 2.25. The van der Waals surface area contributed by atoms with Crippen LogP contribution in [0.2, 0.25) is 0 Å². The second-order valence-corrected chi connectivity index (χ2v) is 7.44. The third-order valence-electron chi connectivity index (χ3n) is 5.54. The number of hydrogen-bond donors (Lipinski definition) is 2. The van der Waals surface area contributed by atoms with Crippen LogP contribution in [0, 0.1) is 5.92 Å². The lowest BCUT2D eigenvalue weighted by molar-refractivity contribution is -0.139. The lowest BCUT2D eigenvalue weighted by Gasteiger charge is -2.39. The van der Waals surface area contributed by atoms with Gasteiger partial charge in [-0.3, -0.25) is 14.5 Å². The van der Waals surface area contributed by atoms with Crippen LogP contribution in [0.25, 0.3) is 0 Å². The van der Waals surface area contributed by atoms with Crippen molar-refractivity contribution in [2.75, 3.05) is 26.2 Å². The number of nitrogens with zero attached hydrogens (tertiary/aromatic N) is 2. The van der Waals surface area contributed by atoms with E-state index in [4.69, 9.17) is 5.73 Å². The number of rotatable bonds is 4. The van der Waals surface area contributed by atoms with Gasteiger partial charge in [-0.05, 0) is 39.0 Å². The highest BCUT2D eigenvalue weighted by molar-refractivity contribution is 5.82. The van der Waals surface area contributed by atoms with E-state index in [9.17, 15) is 9.59 Å². The monoisotopic (exact) mass is 322 g/mol. The van der Waals surface area contributed by atoms with Crippen LogP contribution in [0.3, 0.4) is 0 Å². The molecule has 1 aliphatic heterocycles. The molecule has 6 nitrogen and oxygen atoms in total. The van der Waals surface area contributed by atoms with Crippen LogP contribution in [-0.2, 0) is 9.59 Å². The van der Waals surface area contributed by atoms with E-state index < -0.39 is 0 Å². The largest absolute Gasteiger partial charge is 0.352 e. The second kappa shape index (κ2) is 7.18.